The van der Waals surface area contributed by atoms with E-state index in [4.69, 9.17) is 4.74 Å². The quantitative estimate of drug-likeness (QED) is 0.809. The number of ether oxygens (including phenoxy) is 1. The van der Waals surface area contributed by atoms with E-state index in [9.17, 15) is 4.79 Å². The molecule has 1 saturated heterocycles. The molecule has 0 aliphatic carbocycles. The summed E-state index contributed by atoms with van der Waals surface area (Å²) in [6.45, 7) is 2.27. The first-order valence-corrected chi connectivity index (χ1v) is 5.47. The fourth-order valence-corrected chi connectivity index (χ4v) is 1.88. The van der Waals surface area contributed by atoms with Crippen molar-refractivity contribution < 1.29 is 9.53 Å². The first-order chi connectivity index (χ1) is 7.83. The van der Waals surface area contributed by atoms with Crippen LogP contribution in [0.1, 0.15) is 6.42 Å². The van der Waals surface area contributed by atoms with E-state index in [1.54, 1.807) is 12.0 Å². The third-order valence-corrected chi connectivity index (χ3v) is 2.70. The summed E-state index contributed by atoms with van der Waals surface area (Å²) in [5, 5.41) is 3.21. The van der Waals surface area contributed by atoms with Gasteiger partial charge in [0.15, 0.2) is 0 Å². The predicted molar refractivity (Wildman–Crippen MR) is 62.8 cm³/mol. The van der Waals surface area contributed by atoms with Crippen molar-refractivity contribution in [3.05, 3.63) is 24.3 Å². The highest BCUT2D eigenvalue weighted by Gasteiger charge is 2.20. The second kappa shape index (κ2) is 4.99. The smallest absolute Gasteiger partial charge is 0.228 e. The molecular formula is C12H16N2O2. The molecular weight excluding hydrogens is 204 g/mol. The van der Waals surface area contributed by atoms with E-state index in [2.05, 4.69) is 5.32 Å². The van der Waals surface area contributed by atoms with Crippen molar-refractivity contribution in [1.29, 1.82) is 0 Å². The zero-order valence-electron chi connectivity index (χ0n) is 9.40. The second-order valence-electron chi connectivity index (χ2n) is 3.72. The molecule has 0 saturated carbocycles. The average Bonchev–Trinajstić information content (AvgIpc) is 2.54. The highest BCUT2D eigenvalue weighted by Crippen LogP contribution is 2.28. The molecule has 0 bridgehead atoms. The van der Waals surface area contributed by atoms with Gasteiger partial charge < -0.3 is 15.0 Å². The van der Waals surface area contributed by atoms with Crippen molar-refractivity contribution >= 4 is 11.6 Å². The zero-order chi connectivity index (χ0) is 11.4. The third-order valence-electron chi connectivity index (χ3n) is 2.70. The van der Waals surface area contributed by atoms with Gasteiger partial charge in [0, 0.05) is 26.1 Å². The van der Waals surface area contributed by atoms with Gasteiger partial charge in [-0.15, -0.1) is 0 Å². The lowest BCUT2D eigenvalue weighted by atomic mass is 10.2. The van der Waals surface area contributed by atoms with Crippen LogP contribution >= 0.6 is 0 Å². The topological polar surface area (TPSA) is 41.6 Å². The first kappa shape index (κ1) is 11.0. The number of rotatable bonds is 2. The molecule has 0 spiro atoms. The minimum Gasteiger partial charge on any atom is -0.495 e. The molecule has 2 rings (SSSR count). The van der Waals surface area contributed by atoms with Crippen LogP contribution in [0.4, 0.5) is 5.69 Å². The molecule has 1 fully saturated rings. The number of nitrogens with zero attached hydrogens (tertiary/aromatic N) is 1. The van der Waals surface area contributed by atoms with E-state index in [0.717, 1.165) is 24.5 Å². The maximum Gasteiger partial charge on any atom is 0.228 e. The Morgan fingerprint density at radius 3 is 2.94 bits per heavy atom. The first-order valence-electron chi connectivity index (χ1n) is 5.47. The van der Waals surface area contributed by atoms with Crippen LogP contribution in [0.3, 0.4) is 0 Å². The van der Waals surface area contributed by atoms with Gasteiger partial charge in [-0.3, -0.25) is 4.79 Å². The number of para-hydroxylation sites is 2. The number of carbonyl (C=O) groups excluding carboxylic acids is 1. The Balaban J connectivity index is 2.30. The summed E-state index contributed by atoms with van der Waals surface area (Å²) in [5.74, 6) is 0.896. The summed E-state index contributed by atoms with van der Waals surface area (Å²) in [5.41, 5.74) is 0.860. The molecule has 16 heavy (non-hydrogen) atoms. The van der Waals surface area contributed by atoms with Crippen molar-refractivity contribution in [2.24, 2.45) is 0 Å². The fourth-order valence-electron chi connectivity index (χ4n) is 1.88. The lowest BCUT2D eigenvalue weighted by Crippen LogP contribution is -2.32. The van der Waals surface area contributed by atoms with Gasteiger partial charge in [0.2, 0.25) is 5.91 Å². The Bertz CT molecular complexity index is 379. The van der Waals surface area contributed by atoms with E-state index < -0.39 is 0 Å². The number of nitrogens with one attached hydrogen (secondary N) is 1. The number of carbonyl (C=O) groups is 1. The molecule has 0 unspecified atom stereocenters. The second-order valence-corrected chi connectivity index (χ2v) is 3.72. The van der Waals surface area contributed by atoms with Crippen molar-refractivity contribution in [3.8, 4) is 5.75 Å². The van der Waals surface area contributed by atoms with Gasteiger partial charge in [-0.25, -0.2) is 0 Å². The number of benzene rings is 1. The minimum absolute atomic E-state index is 0.148. The van der Waals surface area contributed by atoms with Gasteiger partial charge in [-0.05, 0) is 12.1 Å². The van der Waals surface area contributed by atoms with Crippen LogP contribution in [-0.2, 0) is 4.79 Å². The van der Waals surface area contributed by atoms with Crippen LogP contribution in [0.25, 0.3) is 0 Å². The summed E-state index contributed by atoms with van der Waals surface area (Å²) >= 11 is 0. The number of methoxy groups -OCH3 is 1. The summed E-state index contributed by atoms with van der Waals surface area (Å²) in [6, 6.07) is 7.62. The van der Waals surface area contributed by atoms with Crippen LogP contribution in [0.15, 0.2) is 24.3 Å². The summed E-state index contributed by atoms with van der Waals surface area (Å²) in [7, 11) is 1.62. The van der Waals surface area contributed by atoms with Crippen molar-refractivity contribution in [3.63, 3.8) is 0 Å². The Labute approximate surface area is 95.2 Å². The molecule has 1 aromatic carbocycles. The SMILES string of the molecule is COc1ccccc1N1CCNCCC1=O. The lowest BCUT2D eigenvalue weighted by molar-refractivity contribution is -0.118. The molecule has 86 valence electrons. The van der Waals surface area contributed by atoms with Gasteiger partial charge >= 0.3 is 0 Å². The van der Waals surface area contributed by atoms with E-state index in [-0.39, 0.29) is 5.91 Å². The molecule has 4 nitrogen and oxygen atoms in total. The molecule has 1 aromatic rings. The van der Waals surface area contributed by atoms with E-state index in [1.165, 1.54) is 0 Å². The normalized spacial score (nSPS) is 17.1. The minimum atomic E-state index is 0.148. The van der Waals surface area contributed by atoms with Gasteiger partial charge in [0.05, 0.1) is 12.8 Å². The summed E-state index contributed by atoms with van der Waals surface area (Å²) < 4.78 is 5.27. The van der Waals surface area contributed by atoms with Crippen molar-refractivity contribution in [2.75, 3.05) is 31.6 Å². The number of hydrogen-bond donors (Lipinski definition) is 1. The molecule has 1 aliphatic rings. The zero-order valence-corrected chi connectivity index (χ0v) is 9.40. The van der Waals surface area contributed by atoms with Crippen molar-refractivity contribution in [2.45, 2.75) is 6.42 Å². The maximum absolute atomic E-state index is 11.9. The number of amides is 1. The Morgan fingerprint density at radius 2 is 2.12 bits per heavy atom. The van der Waals surface area contributed by atoms with Gasteiger partial charge in [0.25, 0.3) is 0 Å². The van der Waals surface area contributed by atoms with E-state index in [0.29, 0.717) is 13.0 Å². The van der Waals surface area contributed by atoms with Crippen LogP contribution in [0.5, 0.6) is 5.75 Å². The highest BCUT2D eigenvalue weighted by molar-refractivity contribution is 5.95. The average molecular weight is 220 g/mol. The predicted octanol–water partition coefficient (Wildman–Crippen LogP) is 1.02. The number of anilines is 1. The molecule has 1 amide bonds. The van der Waals surface area contributed by atoms with Gasteiger partial charge in [-0.2, -0.15) is 0 Å². The van der Waals surface area contributed by atoms with E-state index in [1.807, 2.05) is 24.3 Å². The van der Waals surface area contributed by atoms with Gasteiger partial charge in [-0.1, -0.05) is 12.1 Å². The molecule has 0 radical (unpaired) electrons. The maximum atomic E-state index is 11.9. The largest absolute Gasteiger partial charge is 0.495 e. The molecule has 1 aliphatic heterocycles. The Morgan fingerprint density at radius 1 is 1.31 bits per heavy atom. The fraction of sp³-hybridized carbons (Fsp3) is 0.417. The summed E-state index contributed by atoms with van der Waals surface area (Å²) in [4.78, 5) is 13.7. The monoisotopic (exact) mass is 220 g/mol. The standard InChI is InChI=1S/C12H16N2O2/c1-16-11-5-3-2-4-10(11)14-9-8-13-7-6-12(14)15/h2-5,13H,6-9H2,1H3. The molecule has 1 N–H and O–H groups in total. The van der Waals surface area contributed by atoms with E-state index >= 15 is 0 Å². The lowest BCUT2D eigenvalue weighted by Gasteiger charge is -2.22. The van der Waals surface area contributed by atoms with Crippen LogP contribution < -0.4 is 15.0 Å². The Hall–Kier alpha value is -1.55. The van der Waals surface area contributed by atoms with Crippen LogP contribution in [0.2, 0.25) is 0 Å². The van der Waals surface area contributed by atoms with Gasteiger partial charge in [0.1, 0.15) is 5.75 Å². The van der Waals surface area contributed by atoms with Crippen LogP contribution in [-0.4, -0.2) is 32.7 Å². The molecule has 4 heteroatoms. The molecule has 0 aromatic heterocycles. The molecule has 1 heterocycles. The highest BCUT2D eigenvalue weighted by atomic mass is 16.5. The summed E-state index contributed by atoms with van der Waals surface area (Å²) in [6.07, 6.45) is 0.540. The van der Waals surface area contributed by atoms with Crippen molar-refractivity contribution in [1.82, 2.24) is 5.32 Å². The Kier molecular flexibility index (Phi) is 3.41. The van der Waals surface area contributed by atoms with Crippen LogP contribution in [0, 0.1) is 0 Å². The molecule has 0 atom stereocenters. The third kappa shape index (κ3) is 2.17. The number of hydrogen-bond acceptors (Lipinski definition) is 3.